The second-order valence-electron chi connectivity index (χ2n) is 5.83. The van der Waals surface area contributed by atoms with E-state index < -0.39 is 12.0 Å². The molecule has 2 amide bonds. The molecule has 7 nitrogen and oxygen atoms in total. The smallest absolute Gasteiger partial charge is 0.326 e. The van der Waals surface area contributed by atoms with Gasteiger partial charge in [-0.3, -0.25) is 0 Å². The van der Waals surface area contributed by atoms with Gasteiger partial charge in [0.25, 0.3) is 0 Å². The average molecular weight is 292 g/mol. The van der Waals surface area contributed by atoms with E-state index in [0.29, 0.717) is 6.54 Å². The number of urea groups is 1. The molecule has 1 aromatic heterocycles. The molecule has 114 valence electrons. The van der Waals surface area contributed by atoms with E-state index in [1.54, 1.807) is 11.2 Å². The van der Waals surface area contributed by atoms with Crippen LogP contribution in [-0.2, 0) is 17.8 Å². The minimum atomic E-state index is -0.971. The van der Waals surface area contributed by atoms with Crippen molar-refractivity contribution in [2.75, 3.05) is 6.54 Å². The number of likely N-dealkylation sites (tertiary alicyclic amines) is 1. The van der Waals surface area contributed by atoms with Crippen LogP contribution in [0.15, 0.2) is 6.33 Å². The predicted molar refractivity (Wildman–Crippen MR) is 74.7 cm³/mol. The Labute approximate surface area is 122 Å². The summed E-state index contributed by atoms with van der Waals surface area (Å²) in [4.78, 5) is 34.7. The maximum atomic E-state index is 12.8. The van der Waals surface area contributed by atoms with Crippen LogP contribution in [0.3, 0.4) is 0 Å². The number of piperidine rings is 1. The number of amides is 2. The van der Waals surface area contributed by atoms with Crippen molar-refractivity contribution in [1.29, 1.82) is 0 Å². The van der Waals surface area contributed by atoms with Gasteiger partial charge in [-0.2, -0.15) is 0 Å². The summed E-state index contributed by atoms with van der Waals surface area (Å²) in [6.45, 7) is 3.02. The first-order valence-electron chi connectivity index (χ1n) is 7.39. The molecule has 2 aliphatic heterocycles. The number of aromatic amines is 1. The predicted octanol–water partition coefficient (Wildman–Crippen LogP) is 1.22. The minimum Gasteiger partial charge on any atom is -0.480 e. The van der Waals surface area contributed by atoms with Crippen molar-refractivity contribution < 1.29 is 14.7 Å². The standard InChI is InChI=1S/C14H20N4O3/c1-9-4-2-3-5-17(9)14(21)18-7-11-10(15-8-16-11)6-12(18)13(19)20/h8-9,12H,2-7H2,1H3,(H,15,16)(H,19,20). The van der Waals surface area contributed by atoms with Crippen LogP contribution >= 0.6 is 0 Å². The number of nitrogens with one attached hydrogen (secondary N) is 1. The van der Waals surface area contributed by atoms with Gasteiger partial charge in [0.05, 0.1) is 24.3 Å². The Morgan fingerprint density at radius 1 is 1.38 bits per heavy atom. The molecule has 21 heavy (non-hydrogen) atoms. The third-order valence-electron chi connectivity index (χ3n) is 4.48. The van der Waals surface area contributed by atoms with E-state index >= 15 is 0 Å². The van der Waals surface area contributed by atoms with Crippen molar-refractivity contribution in [1.82, 2.24) is 19.8 Å². The van der Waals surface area contributed by atoms with Crippen LogP contribution in [0, 0.1) is 0 Å². The van der Waals surface area contributed by atoms with Crippen molar-refractivity contribution >= 4 is 12.0 Å². The number of aliphatic carboxylic acids is 1. The van der Waals surface area contributed by atoms with Crippen LogP contribution in [0.2, 0.25) is 0 Å². The Kier molecular flexibility index (Phi) is 3.57. The Morgan fingerprint density at radius 3 is 2.90 bits per heavy atom. The number of aromatic nitrogens is 2. The zero-order valence-corrected chi connectivity index (χ0v) is 12.1. The highest BCUT2D eigenvalue weighted by Crippen LogP contribution is 2.25. The number of carboxylic acid groups (broad SMARTS) is 1. The van der Waals surface area contributed by atoms with Gasteiger partial charge in [0.15, 0.2) is 0 Å². The van der Waals surface area contributed by atoms with E-state index in [1.165, 1.54) is 4.90 Å². The molecular formula is C14H20N4O3. The maximum absolute atomic E-state index is 12.8. The summed E-state index contributed by atoms with van der Waals surface area (Å²) in [6.07, 6.45) is 4.91. The van der Waals surface area contributed by atoms with E-state index in [4.69, 9.17) is 0 Å². The number of hydrogen-bond acceptors (Lipinski definition) is 3. The summed E-state index contributed by atoms with van der Waals surface area (Å²) in [5.74, 6) is -0.971. The van der Waals surface area contributed by atoms with Crippen molar-refractivity contribution in [3.05, 3.63) is 17.7 Å². The van der Waals surface area contributed by atoms with E-state index in [0.717, 1.165) is 30.7 Å². The highest BCUT2D eigenvalue weighted by Gasteiger charge is 2.39. The second kappa shape index (κ2) is 5.38. The van der Waals surface area contributed by atoms with Gasteiger partial charge in [-0.15, -0.1) is 0 Å². The van der Waals surface area contributed by atoms with Gasteiger partial charge in [-0.1, -0.05) is 0 Å². The van der Waals surface area contributed by atoms with E-state index in [2.05, 4.69) is 9.97 Å². The zero-order chi connectivity index (χ0) is 15.0. The molecule has 1 aromatic rings. The molecule has 2 atom stereocenters. The quantitative estimate of drug-likeness (QED) is 0.814. The molecule has 1 saturated heterocycles. The molecule has 0 saturated carbocycles. The maximum Gasteiger partial charge on any atom is 0.326 e. The van der Waals surface area contributed by atoms with Gasteiger partial charge in [-0.25, -0.2) is 14.6 Å². The fraction of sp³-hybridized carbons (Fsp3) is 0.643. The first-order chi connectivity index (χ1) is 10.1. The first kappa shape index (κ1) is 13.9. The average Bonchev–Trinajstić information content (AvgIpc) is 2.93. The third-order valence-corrected chi connectivity index (χ3v) is 4.48. The molecule has 1 fully saturated rings. The van der Waals surface area contributed by atoms with Crippen molar-refractivity contribution in [2.45, 2.75) is 51.2 Å². The monoisotopic (exact) mass is 292 g/mol. The number of hydrogen-bond donors (Lipinski definition) is 2. The number of rotatable bonds is 1. The molecule has 0 spiro atoms. The van der Waals surface area contributed by atoms with Crippen LogP contribution in [0.25, 0.3) is 0 Å². The number of fused-ring (bicyclic) bond motifs is 1. The number of carboxylic acids is 1. The Hall–Kier alpha value is -2.05. The van der Waals surface area contributed by atoms with Crippen LogP contribution < -0.4 is 0 Å². The minimum absolute atomic E-state index is 0.170. The van der Waals surface area contributed by atoms with Crippen LogP contribution in [0.5, 0.6) is 0 Å². The second-order valence-corrected chi connectivity index (χ2v) is 5.83. The Bertz CT molecular complexity index is 556. The van der Waals surface area contributed by atoms with Crippen molar-refractivity contribution in [2.24, 2.45) is 0 Å². The van der Waals surface area contributed by atoms with Gasteiger partial charge in [0.2, 0.25) is 0 Å². The van der Waals surface area contributed by atoms with Crippen LogP contribution in [0.1, 0.15) is 37.6 Å². The van der Waals surface area contributed by atoms with Gasteiger partial charge >= 0.3 is 12.0 Å². The normalized spacial score (nSPS) is 25.6. The topological polar surface area (TPSA) is 89.5 Å². The van der Waals surface area contributed by atoms with E-state index in [9.17, 15) is 14.7 Å². The molecule has 0 radical (unpaired) electrons. The van der Waals surface area contributed by atoms with Gasteiger partial charge in [0.1, 0.15) is 6.04 Å². The summed E-state index contributed by atoms with van der Waals surface area (Å²) in [6, 6.07) is -0.832. The zero-order valence-electron chi connectivity index (χ0n) is 12.1. The van der Waals surface area contributed by atoms with Crippen LogP contribution in [0.4, 0.5) is 4.79 Å². The Balaban J connectivity index is 1.84. The molecule has 3 rings (SSSR count). The fourth-order valence-electron chi connectivity index (χ4n) is 3.20. The molecule has 2 unspecified atom stereocenters. The lowest BCUT2D eigenvalue weighted by Crippen LogP contribution is -2.56. The molecule has 0 aromatic carbocycles. The summed E-state index contributed by atoms with van der Waals surface area (Å²) < 4.78 is 0. The molecule has 2 aliphatic rings. The molecule has 0 bridgehead atoms. The number of H-pyrrole nitrogens is 1. The van der Waals surface area contributed by atoms with Gasteiger partial charge < -0.3 is 19.9 Å². The lowest BCUT2D eigenvalue weighted by molar-refractivity contribution is -0.143. The molecule has 7 heteroatoms. The largest absolute Gasteiger partial charge is 0.480 e. The Morgan fingerprint density at radius 2 is 2.19 bits per heavy atom. The highest BCUT2D eigenvalue weighted by molar-refractivity contribution is 5.83. The number of imidazole rings is 1. The fourth-order valence-corrected chi connectivity index (χ4v) is 3.20. The van der Waals surface area contributed by atoms with Crippen molar-refractivity contribution in [3.8, 4) is 0 Å². The summed E-state index contributed by atoms with van der Waals surface area (Å²) in [5, 5.41) is 9.43. The molecule has 0 aliphatic carbocycles. The van der Waals surface area contributed by atoms with E-state index in [1.807, 2.05) is 6.92 Å². The molecule has 2 N–H and O–H groups in total. The number of nitrogens with zero attached hydrogens (tertiary/aromatic N) is 3. The summed E-state index contributed by atoms with van der Waals surface area (Å²) in [5.41, 5.74) is 1.59. The SMILES string of the molecule is CC1CCCCN1C(=O)N1Cc2[nH]cnc2CC1C(=O)O. The lowest BCUT2D eigenvalue weighted by atomic mass is 10.0. The number of carbonyl (C=O) groups excluding carboxylic acids is 1. The lowest BCUT2D eigenvalue weighted by Gasteiger charge is -2.40. The highest BCUT2D eigenvalue weighted by atomic mass is 16.4. The summed E-state index contributed by atoms with van der Waals surface area (Å²) >= 11 is 0. The van der Waals surface area contributed by atoms with Gasteiger partial charge in [0, 0.05) is 19.0 Å². The van der Waals surface area contributed by atoms with Crippen LogP contribution in [-0.4, -0.2) is 55.5 Å². The first-order valence-corrected chi connectivity index (χ1v) is 7.39. The van der Waals surface area contributed by atoms with Crippen molar-refractivity contribution in [3.63, 3.8) is 0 Å². The molecular weight excluding hydrogens is 272 g/mol. The molecule has 3 heterocycles. The summed E-state index contributed by atoms with van der Waals surface area (Å²) in [7, 11) is 0. The van der Waals surface area contributed by atoms with E-state index in [-0.39, 0.29) is 25.0 Å². The number of carbonyl (C=O) groups is 2. The third kappa shape index (κ3) is 2.48. The van der Waals surface area contributed by atoms with Gasteiger partial charge in [-0.05, 0) is 26.2 Å².